The monoisotopic (exact) mass is 485 g/mol. The van der Waals surface area contributed by atoms with Crippen LogP contribution in [0.25, 0.3) is 11.3 Å². The molecule has 0 aliphatic carbocycles. The van der Waals surface area contributed by atoms with Gasteiger partial charge in [0.15, 0.2) is 5.11 Å². The first-order chi connectivity index (χ1) is 17.0. The van der Waals surface area contributed by atoms with E-state index in [1.807, 2.05) is 48.5 Å². The fraction of sp³-hybridized carbons (Fsp3) is 0.148. The molecule has 4 aromatic rings. The number of carbonyl (C=O) groups is 1. The van der Waals surface area contributed by atoms with Gasteiger partial charge < -0.3 is 24.5 Å². The molecule has 35 heavy (non-hydrogen) atoms. The molecule has 5 rings (SSSR count). The van der Waals surface area contributed by atoms with Gasteiger partial charge in [-0.1, -0.05) is 36.4 Å². The van der Waals surface area contributed by atoms with Crippen molar-refractivity contribution in [2.24, 2.45) is 0 Å². The number of carboxylic acids is 1. The van der Waals surface area contributed by atoms with Crippen LogP contribution in [-0.4, -0.2) is 33.2 Å². The summed E-state index contributed by atoms with van der Waals surface area (Å²) in [5.41, 5.74) is 2.60. The number of aromatic nitrogens is 1. The number of nitrogens with one attached hydrogen (secondary N) is 1. The largest absolute Gasteiger partial charge is 0.497 e. The minimum Gasteiger partial charge on any atom is -0.497 e. The maximum absolute atomic E-state index is 11.7. The van der Waals surface area contributed by atoms with Crippen LogP contribution in [0.15, 0.2) is 89.5 Å². The molecule has 0 spiro atoms. The first-order valence-electron chi connectivity index (χ1n) is 11.1. The number of benzene rings is 2. The predicted molar refractivity (Wildman–Crippen MR) is 135 cm³/mol. The van der Waals surface area contributed by atoms with Crippen LogP contribution >= 0.6 is 12.2 Å². The number of methoxy groups -OCH3 is 1. The Morgan fingerprint density at radius 3 is 2.57 bits per heavy atom. The summed E-state index contributed by atoms with van der Waals surface area (Å²) in [5.74, 6) is 0.929. The fourth-order valence-electron chi connectivity index (χ4n) is 4.35. The molecule has 2 aromatic carbocycles. The molecule has 7 nitrogen and oxygen atoms in total. The second-order valence-corrected chi connectivity index (χ2v) is 8.54. The van der Waals surface area contributed by atoms with Gasteiger partial charge in [-0.15, -0.1) is 0 Å². The molecule has 176 valence electrons. The smallest absolute Gasteiger partial charge is 0.336 e. The lowest BCUT2D eigenvalue weighted by molar-refractivity contribution is 0.0697. The Bertz CT molecular complexity index is 1350. The van der Waals surface area contributed by atoms with Crippen LogP contribution in [0, 0.1) is 0 Å². The maximum atomic E-state index is 11.7. The number of furan rings is 1. The molecule has 8 heteroatoms. The van der Waals surface area contributed by atoms with E-state index in [9.17, 15) is 9.90 Å². The molecule has 2 unspecified atom stereocenters. The van der Waals surface area contributed by atoms with E-state index in [1.165, 1.54) is 0 Å². The highest BCUT2D eigenvalue weighted by molar-refractivity contribution is 7.80. The van der Waals surface area contributed by atoms with Crippen molar-refractivity contribution < 1.29 is 19.1 Å². The van der Waals surface area contributed by atoms with Crippen LogP contribution in [0.4, 0.5) is 0 Å². The van der Waals surface area contributed by atoms with Crippen molar-refractivity contribution in [3.8, 4) is 17.1 Å². The number of pyridine rings is 1. The van der Waals surface area contributed by atoms with Crippen molar-refractivity contribution >= 4 is 23.3 Å². The second kappa shape index (κ2) is 9.60. The van der Waals surface area contributed by atoms with E-state index in [2.05, 4.69) is 15.2 Å². The number of rotatable bonds is 7. The third kappa shape index (κ3) is 4.48. The van der Waals surface area contributed by atoms with Gasteiger partial charge in [0, 0.05) is 18.3 Å². The molecule has 2 aromatic heterocycles. The molecular weight excluding hydrogens is 462 g/mol. The van der Waals surface area contributed by atoms with E-state index in [0.29, 0.717) is 28.7 Å². The van der Waals surface area contributed by atoms with Gasteiger partial charge in [-0.25, -0.2) is 4.79 Å². The van der Waals surface area contributed by atoms with Crippen LogP contribution in [0.2, 0.25) is 0 Å². The molecule has 3 heterocycles. The number of ether oxygens (including phenoxy) is 1. The molecule has 0 amide bonds. The minimum absolute atomic E-state index is 0.185. The van der Waals surface area contributed by atoms with E-state index < -0.39 is 5.97 Å². The molecule has 1 aliphatic heterocycles. The Kier molecular flexibility index (Phi) is 6.20. The average Bonchev–Trinajstić information content (AvgIpc) is 3.50. The first kappa shape index (κ1) is 22.6. The van der Waals surface area contributed by atoms with Crippen molar-refractivity contribution in [2.75, 3.05) is 7.11 Å². The number of aromatic carboxylic acids is 1. The SMILES string of the molecule is COc1ccc(CN2C(=S)NC(c3ccccn3)C2c2ccc(-c3ccccc3C(=O)O)o2)cc1. The fourth-order valence-corrected chi connectivity index (χ4v) is 4.66. The van der Waals surface area contributed by atoms with Gasteiger partial charge in [0.25, 0.3) is 0 Å². The summed E-state index contributed by atoms with van der Waals surface area (Å²) < 4.78 is 11.6. The Morgan fingerprint density at radius 2 is 1.86 bits per heavy atom. The van der Waals surface area contributed by atoms with Crippen LogP contribution in [-0.2, 0) is 6.54 Å². The van der Waals surface area contributed by atoms with Crippen molar-refractivity contribution in [3.63, 3.8) is 0 Å². The van der Waals surface area contributed by atoms with E-state index in [1.54, 1.807) is 43.6 Å². The van der Waals surface area contributed by atoms with Gasteiger partial charge in [-0.3, -0.25) is 4.98 Å². The lowest BCUT2D eigenvalue weighted by Crippen LogP contribution is -2.29. The summed E-state index contributed by atoms with van der Waals surface area (Å²) >= 11 is 5.74. The average molecular weight is 486 g/mol. The maximum Gasteiger partial charge on any atom is 0.336 e. The Hall–Kier alpha value is -4.17. The second-order valence-electron chi connectivity index (χ2n) is 8.16. The third-order valence-corrected chi connectivity index (χ3v) is 6.40. The number of thiocarbonyl (C=S) groups is 1. The van der Waals surface area contributed by atoms with Gasteiger partial charge in [0.1, 0.15) is 23.3 Å². The highest BCUT2D eigenvalue weighted by Gasteiger charge is 2.41. The van der Waals surface area contributed by atoms with Crippen LogP contribution in [0.3, 0.4) is 0 Å². The predicted octanol–water partition coefficient (Wildman–Crippen LogP) is 5.22. The molecule has 1 aliphatic rings. The summed E-state index contributed by atoms with van der Waals surface area (Å²) in [6, 6.07) is 23.6. The molecular formula is C27H23N3O4S. The summed E-state index contributed by atoms with van der Waals surface area (Å²) in [6.07, 6.45) is 1.75. The zero-order chi connectivity index (χ0) is 24.4. The third-order valence-electron chi connectivity index (χ3n) is 6.05. The lowest BCUT2D eigenvalue weighted by Gasteiger charge is -2.26. The number of carboxylic acid groups (broad SMARTS) is 1. The zero-order valence-corrected chi connectivity index (χ0v) is 19.7. The summed E-state index contributed by atoms with van der Waals surface area (Å²) in [7, 11) is 1.64. The number of hydrogen-bond donors (Lipinski definition) is 2. The zero-order valence-electron chi connectivity index (χ0n) is 18.9. The van der Waals surface area contributed by atoms with Gasteiger partial charge in [0.2, 0.25) is 0 Å². The molecule has 1 fully saturated rings. The molecule has 1 saturated heterocycles. The summed E-state index contributed by atoms with van der Waals surface area (Å²) in [6.45, 7) is 0.547. The van der Waals surface area contributed by atoms with E-state index in [0.717, 1.165) is 17.0 Å². The molecule has 2 atom stereocenters. The number of nitrogens with zero attached hydrogens (tertiary/aromatic N) is 2. The van der Waals surface area contributed by atoms with Crippen molar-refractivity contribution in [2.45, 2.75) is 18.6 Å². The highest BCUT2D eigenvalue weighted by atomic mass is 32.1. The Morgan fingerprint density at radius 1 is 1.09 bits per heavy atom. The normalized spacial score (nSPS) is 17.3. The van der Waals surface area contributed by atoms with E-state index >= 15 is 0 Å². The van der Waals surface area contributed by atoms with Crippen LogP contribution in [0.1, 0.15) is 39.5 Å². The molecule has 0 saturated carbocycles. The van der Waals surface area contributed by atoms with Gasteiger partial charge in [0.05, 0.1) is 24.4 Å². The minimum atomic E-state index is -1.00. The lowest BCUT2D eigenvalue weighted by atomic mass is 10.0. The van der Waals surface area contributed by atoms with Gasteiger partial charge in [-0.05, 0) is 60.2 Å². The topological polar surface area (TPSA) is 87.8 Å². The van der Waals surface area contributed by atoms with Gasteiger partial charge >= 0.3 is 5.97 Å². The Balaban J connectivity index is 1.54. The first-order valence-corrected chi connectivity index (χ1v) is 11.5. The molecule has 0 radical (unpaired) electrons. The Labute approximate surface area is 208 Å². The van der Waals surface area contributed by atoms with Crippen molar-refractivity contribution in [1.29, 1.82) is 0 Å². The molecule has 0 bridgehead atoms. The summed E-state index contributed by atoms with van der Waals surface area (Å²) in [4.78, 5) is 18.4. The standard InChI is InChI=1S/C27H23N3O4S/c1-33-18-11-9-17(10-12-18)16-30-25(24(29-27(30)35)21-8-4-5-15-28-21)23-14-13-22(34-23)19-6-2-3-7-20(19)26(31)32/h2-15,24-25H,16H2,1H3,(H,29,35)(H,31,32). The van der Waals surface area contributed by atoms with Crippen LogP contribution < -0.4 is 10.1 Å². The summed E-state index contributed by atoms with van der Waals surface area (Å²) in [5, 5.41) is 13.6. The van der Waals surface area contributed by atoms with E-state index in [4.69, 9.17) is 21.4 Å². The van der Waals surface area contributed by atoms with Crippen LogP contribution in [0.5, 0.6) is 5.75 Å². The van der Waals surface area contributed by atoms with Crippen molar-refractivity contribution in [3.05, 3.63) is 108 Å². The van der Waals surface area contributed by atoms with Crippen molar-refractivity contribution in [1.82, 2.24) is 15.2 Å². The van der Waals surface area contributed by atoms with E-state index in [-0.39, 0.29) is 17.6 Å². The highest BCUT2D eigenvalue weighted by Crippen LogP contribution is 2.41. The van der Waals surface area contributed by atoms with Gasteiger partial charge in [-0.2, -0.15) is 0 Å². The quantitative estimate of drug-likeness (QED) is 0.345. The number of hydrogen-bond acceptors (Lipinski definition) is 5. The molecule has 2 N–H and O–H groups in total.